The van der Waals surface area contributed by atoms with Gasteiger partial charge in [-0.3, -0.25) is 4.52 Å². The van der Waals surface area contributed by atoms with Gasteiger partial charge in [0, 0.05) is 11.8 Å². The molecular weight excluding hydrogens is 456 g/mol. The molecule has 152 valence electrons. The van der Waals surface area contributed by atoms with E-state index >= 15 is 0 Å². The topological polar surface area (TPSA) is 178 Å². The number of hydrogen-bond donors (Lipinski definition) is 4. The summed E-state index contributed by atoms with van der Waals surface area (Å²) in [5, 5.41) is 0. The SMILES string of the molecule is [B][C@H]1CC(OCSSCC)[C@@H](COP(=O)(O)OP(=O)(O)OP(=O)(O)O)O1. The Morgan fingerprint density at radius 2 is 1.77 bits per heavy atom. The Hall–Kier alpha value is 1.09. The van der Waals surface area contributed by atoms with Crippen molar-refractivity contribution in [3.63, 3.8) is 0 Å². The van der Waals surface area contributed by atoms with E-state index in [1.807, 2.05) is 6.92 Å². The highest BCUT2D eigenvalue weighted by molar-refractivity contribution is 8.76. The zero-order valence-corrected chi connectivity index (χ0v) is 17.7. The van der Waals surface area contributed by atoms with Crippen LogP contribution in [-0.2, 0) is 36.3 Å². The minimum atomic E-state index is -5.55. The largest absolute Gasteiger partial charge is 0.490 e. The van der Waals surface area contributed by atoms with Gasteiger partial charge in [0.2, 0.25) is 0 Å². The van der Waals surface area contributed by atoms with Crippen LogP contribution in [0.3, 0.4) is 0 Å². The van der Waals surface area contributed by atoms with Crippen molar-refractivity contribution in [2.75, 3.05) is 18.3 Å². The first-order valence-electron chi connectivity index (χ1n) is 6.89. The van der Waals surface area contributed by atoms with Crippen LogP contribution in [0.2, 0.25) is 0 Å². The second-order valence-corrected chi connectivity index (χ2v) is 11.8. The van der Waals surface area contributed by atoms with Gasteiger partial charge >= 0.3 is 23.5 Å². The van der Waals surface area contributed by atoms with Gasteiger partial charge in [-0.1, -0.05) is 28.5 Å². The molecular formula is C8H18BO12P3S2. The molecule has 0 aliphatic carbocycles. The number of hydrogen-bond acceptors (Lipinski definition) is 10. The molecule has 0 bridgehead atoms. The van der Waals surface area contributed by atoms with Crippen LogP contribution >= 0.6 is 45.1 Å². The van der Waals surface area contributed by atoms with Gasteiger partial charge in [0.25, 0.3) is 0 Å². The maximum Gasteiger partial charge on any atom is 0.490 e. The summed E-state index contributed by atoms with van der Waals surface area (Å²) in [7, 11) is -7.55. The molecule has 1 fully saturated rings. The molecule has 3 unspecified atom stereocenters. The molecule has 5 atom stereocenters. The maximum atomic E-state index is 11.7. The molecule has 2 radical (unpaired) electrons. The van der Waals surface area contributed by atoms with Gasteiger partial charge in [-0.15, -0.1) is 0 Å². The number of phosphoric ester groups is 1. The van der Waals surface area contributed by atoms with Crippen LogP contribution in [0.25, 0.3) is 0 Å². The summed E-state index contributed by atoms with van der Waals surface area (Å²) in [4.78, 5) is 35.4. The third kappa shape index (κ3) is 10.6. The van der Waals surface area contributed by atoms with Crippen LogP contribution in [0.15, 0.2) is 0 Å². The van der Waals surface area contributed by atoms with Crippen molar-refractivity contribution in [3.8, 4) is 0 Å². The molecule has 0 spiro atoms. The van der Waals surface area contributed by atoms with Crippen molar-refractivity contribution in [1.29, 1.82) is 0 Å². The predicted molar refractivity (Wildman–Crippen MR) is 94.3 cm³/mol. The maximum absolute atomic E-state index is 11.7. The minimum Gasteiger partial charge on any atom is -0.380 e. The smallest absolute Gasteiger partial charge is 0.380 e. The molecule has 0 saturated carbocycles. The quantitative estimate of drug-likeness (QED) is 0.105. The molecule has 12 nitrogen and oxygen atoms in total. The summed E-state index contributed by atoms with van der Waals surface area (Å²) in [5.41, 5.74) is 0. The molecule has 0 aromatic carbocycles. The lowest BCUT2D eigenvalue weighted by Crippen LogP contribution is -2.29. The Morgan fingerprint density at radius 3 is 2.35 bits per heavy atom. The van der Waals surface area contributed by atoms with E-state index < -0.39 is 48.3 Å². The summed E-state index contributed by atoms with van der Waals surface area (Å²) < 4.78 is 56.0. The fourth-order valence-corrected chi connectivity index (χ4v) is 6.14. The molecule has 1 heterocycles. The van der Waals surface area contributed by atoms with Crippen LogP contribution < -0.4 is 0 Å². The third-order valence-electron chi connectivity index (χ3n) is 2.58. The molecule has 1 saturated heterocycles. The number of ether oxygens (including phenoxy) is 2. The molecule has 0 aromatic heterocycles. The Balaban J connectivity index is 2.54. The van der Waals surface area contributed by atoms with E-state index in [1.165, 1.54) is 10.8 Å². The van der Waals surface area contributed by atoms with Crippen molar-refractivity contribution in [1.82, 2.24) is 0 Å². The lowest BCUT2D eigenvalue weighted by Gasteiger charge is -2.21. The lowest BCUT2D eigenvalue weighted by atomic mass is 9.96. The van der Waals surface area contributed by atoms with E-state index in [0.717, 1.165) is 5.75 Å². The Kier molecular flexibility index (Phi) is 10.4. The van der Waals surface area contributed by atoms with Crippen LogP contribution in [0, 0.1) is 0 Å². The first-order valence-corrected chi connectivity index (χ1v) is 13.9. The van der Waals surface area contributed by atoms with Crippen molar-refractivity contribution in [2.45, 2.75) is 31.6 Å². The molecule has 1 aliphatic rings. The first kappa shape index (κ1) is 25.1. The van der Waals surface area contributed by atoms with Gasteiger partial charge in [-0.2, -0.15) is 8.62 Å². The van der Waals surface area contributed by atoms with Crippen molar-refractivity contribution in [2.24, 2.45) is 0 Å². The normalized spacial score (nSPS) is 28.6. The standard InChI is InChI=1S/C8H18BO12P3S2/c1-2-25-26-5-17-6-3-8(9)19-7(6)4-18-23(13,14)21-24(15,16)20-22(10,11)12/h6-8H,2-5H2,1H3,(H,13,14)(H,15,16)(H2,10,11,12)/t6?,7-,8-/m1/s1. The zero-order chi connectivity index (χ0) is 20.0. The summed E-state index contributed by atoms with van der Waals surface area (Å²) in [6.45, 7) is 1.38. The summed E-state index contributed by atoms with van der Waals surface area (Å²) >= 11 is 0. The van der Waals surface area contributed by atoms with E-state index in [9.17, 15) is 18.6 Å². The highest BCUT2D eigenvalue weighted by Crippen LogP contribution is 2.66. The van der Waals surface area contributed by atoms with Crippen molar-refractivity contribution >= 4 is 52.9 Å². The molecule has 4 N–H and O–H groups in total. The van der Waals surface area contributed by atoms with E-state index in [2.05, 4.69) is 13.1 Å². The second-order valence-electron chi connectivity index (χ2n) is 4.68. The van der Waals surface area contributed by atoms with E-state index in [-0.39, 0.29) is 0 Å². The average molecular weight is 474 g/mol. The summed E-state index contributed by atoms with van der Waals surface area (Å²) in [6, 6.07) is -0.696. The average Bonchev–Trinajstić information content (AvgIpc) is 2.78. The summed E-state index contributed by atoms with van der Waals surface area (Å²) in [5.74, 6) is 1.19. The zero-order valence-electron chi connectivity index (χ0n) is 13.4. The van der Waals surface area contributed by atoms with Gasteiger partial charge in [0.05, 0.1) is 12.7 Å². The highest BCUT2D eigenvalue weighted by Gasteiger charge is 2.42. The monoisotopic (exact) mass is 474 g/mol. The van der Waals surface area contributed by atoms with Gasteiger partial charge in [-0.25, -0.2) is 13.7 Å². The van der Waals surface area contributed by atoms with Crippen LogP contribution in [-0.4, -0.2) is 63.9 Å². The first-order chi connectivity index (χ1) is 11.8. The summed E-state index contributed by atoms with van der Waals surface area (Å²) in [6.07, 6.45) is -1.12. The van der Waals surface area contributed by atoms with Gasteiger partial charge in [0.1, 0.15) is 19.9 Å². The van der Waals surface area contributed by atoms with E-state index in [4.69, 9.17) is 32.0 Å². The second kappa shape index (κ2) is 10.8. The van der Waals surface area contributed by atoms with Gasteiger partial charge in [-0.05, 0) is 6.42 Å². The molecule has 18 heteroatoms. The Labute approximate surface area is 158 Å². The van der Waals surface area contributed by atoms with Crippen molar-refractivity contribution < 1.29 is 55.9 Å². The number of phosphoric acid groups is 3. The fourth-order valence-electron chi connectivity index (χ4n) is 1.77. The molecule has 0 aromatic rings. The lowest BCUT2D eigenvalue weighted by molar-refractivity contribution is -0.0237. The minimum absolute atomic E-state index is 0.293. The van der Waals surface area contributed by atoms with E-state index in [0.29, 0.717) is 12.4 Å². The third-order valence-corrected chi connectivity index (χ3v) is 8.51. The van der Waals surface area contributed by atoms with Crippen LogP contribution in [0.1, 0.15) is 13.3 Å². The predicted octanol–water partition coefficient (Wildman–Crippen LogP) is 1.36. The van der Waals surface area contributed by atoms with E-state index in [1.54, 1.807) is 10.8 Å². The Morgan fingerprint density at radius 1 is 1.12 bits per heavy atom. The van der Waals surface area contributed by atoms with Crippen LogP contribution in [0.5, 0.6) is 0 Å². The molecule has 1 rings (SSSR count). The Bertz CT molecular complexity index is 589. The van der Waals surface area contributed by atoms with Gasteiger partial charge < -0.3 is 29.0 Å². The highest BCUT2D eigenvalue weighted by atomic mass is 33.1. The molecule has 26 heavy (non-hydrogen) atoms. The number of rotatable bonds is 12. The fraction of sp³-hybridized carbons (Fsp3) is 1.00. The van der Waals surface area contributed by atoms with Crippen molar-refractivity contribution in [3.05, 3.63) is 0 Å². The van der Waals surface area contributed by atoms with Gasteiger partial charge in [0.15, 0.2) is 0 Å². The molecule has 1 aliphatic heterocycles. The molecule has 0 amide bonds. The van der Waals surface area contributed by atoms with Crippen LogP contribution in [0.4, 0.5) is 0 Å².